The Morgan fingerprint density at radius 1 is 1.36 bits per heavy atom. The Balaban J connectivity index is 1.57. The van der Waals surface area contributed by atoms with E-state index < -0.39 is 59.3 Å². The molecule has 10 heteroatoms. The number of halogens is 2. The third-order valence-electron chi connectivity index (χ3n) is 4.85. The highest BCUT2D eigenvalue weighted by Crippen LogP contribution is 2.42. The molecule has 3 rings (SSSR count). The summed E-state index contributed by atoms with van der Waals surface area (Å²) in [6.07, 6.45) is 0.272. The van der Waals surface area contributed by atoms with E-state index in [2.05, 4.69) is 10.6 Å². The molecule has 2 fully saturated rings. The van der Waals surface area contributed by atoms with Gasteiger partial charge in [0.2, 0.25) is 0 Å². The zero-order chi connectivity index (χ0) is 20.6. The Morgan fingerprint density at radius 2 is 2.04 bits per heavy atom. The predicted octanol–water partition coefficient (Wildman–Crippen LogP) is 1.56. The summed E-state index contributed by atoms with van der Waals surface area (Å²) in [7, 11) is 0. The topological polar surface area (TPSA) is 105 Å². The number of imide groups is 1. The number of nitrogens with zero attached hydrogens (tertiary/aromatic N) is 1. The van der Waals surface area contributed by atoms with Gasteiger partial charge in [0.15, 0.2) is 6.10 Å². The van der Waals surface area contributed by atoms with Crippen LogP contribution in [0.2, 0.25) is 0 Å². The monoisotopic (exact) mass is 395 g/mol. The number of esters is 1. The summed E-state index contributed by atoms with van der Waals surface area (Å²) in [5.74, 6) is -3.96. The van der Waals surface area contributed by atoms with Crippen LogP contribution in [0.15, 0.2) is 18.2 Å². The van der Waals surface area contributed by atoms with E-state index >= 15 is 0 Å². The van der Waals surface area contributed by atoms with Crippen molar-refractivity contribution in [1.82, 2.24) is 10.2 Å². The first kappa shape index (κ1) is 19.7. The molecule has 1 aliphatic carbocycles. The molecule has 1 aromatic carbocycles. The third-order valence-corrected chi connectivity index (χ3v) is 4.85. The Morgan fingerprint density at radius 3 is 2.68 bits per heavy atom. The summed E-state index contributed by atoms with van der Waals surface area (Å²) in [6.45, 7) is 2.18. The first-order chi connectivity index (χ1) is 13.1. The second-order valence-electron chi connectivity index (χ2n) is 7.04. The Labute approximate surface area is 159 Å². The van der Waals surface area contributed by atoms with Gasteiger partial charge in [0.05, 0.1) is 5.69 Å². The molecule has 1 aliphatic heterocycles. The lowest BCUT2D eigenvalue weighted by molar-refractivity contribution is -0.155. The average molecular weight is 395 g/mol. The molecule has 4 amide bonds. The van der Waals surface area contributed by atoms with Crippen molar-refractivity contribution in [3.05, 3.63) is 29.8 Å². The van der Waals surface area contributed by atoms with E-state index in [1.54, 1.807) is 6.92 Å². The molecule has 2 N–H and O–H groups in total. The summed E-state index contributed by atoms with van der Waals surface area (Å²) < 4.78 is 31.6. The van der Waals surface area contributed by atoms with Gasteiger partial charge in [-0.1, -0.05) is 0 Å². The normalized spacial score (nSPS) is 22.6. The highest BCUT2D eigenvalue weighted by Gasteiger charge is 2.56. The van der Waals surface area contributed by atoms with Crippen molar-refractivity contribution >= 4 is 29.5 Å². The molecule has 1 saturated carbocycles. The largest absolute Gasteiger partial charge is 0.451 e. The van der Waals surface area contributed by atoms with Crippen LogP contribution in [0, 0.1) is 17.6 Å². The Hall–Kier alpha value is -3.04. The van der Waals surface area contributed by atoms with Gasteiger partial charge in [-0.15, -0.1) is 0 Å². The molecule has 0 unspecified atom stereocenters. The van der Waals surface area contributed by atoms with Crippen LogP contribution in [0.4, 0.5) is 19.3 Å². The molecule has 28 heavy (non-hydrogen) atoms. The molecule has 1 heterocycles. The summed E-state index contributed by atoms with van der Waals surface area (Å²) in [5, 5.41) is 4.70. The van der Waals surface area contributed by atoms with Crippen molar-refractivity contribution in [1.29, 1.82) is 0 Å². The molecule has 8 nitrogen and oxygen atoms in total. The van der Waals surface area contributed by atoms with Crippen LogP contribution in [0.5, 0.6) is 0 Å². The van der Waals surface area contributed by atoms with E-state index in [0.29, 0.717) is 0 Å². The Bertz CT molecular complexity index is 858. The quantitative estimate of drug-likeness (QED) is 0.562. The number of ether oxygens (including phenoxy) is 1. The van der Waals surface area contributed by atoms with Crippen LogP contribution in [0.3, 0.4) is 0 Å². The third kappa shape index (κ3) is 3.80. The summed E-state index contributed by atoms with van der Waals surface area (Å²) in [4.78, 5) is 49.3. The van der Waals surface area contributed by atoms with Crippen molar-refractivity contribution in [3.63, 3.8) is 0 Å². The highest BCUT2D eigenvalue weighted by atomic mass is 19.1. The number of urea groups is 1. The molecule has 2 aliphatic rings. The maximum Gasteiger partial charge on any atom is 0.327 e. The second kappa shape index (κ2) is 7.17. The van der Waals surface area contributed by atoms with Crippen molar-refractivity contribution in [3.8, 4) is 0 Å². The van der Waals surface area contributed by atoms with Crippen LogP contribution >= 0.6 is 0 Å². The number of hydrogen-bond donors (Lipinski definition) is 2. The minimum absolute atomic E-state index is 0.0378. The molecule has 0 aromatic heterocycles. The summed E-state index contributed by atoms with van der Waals surface area (Å²) in [5.41, 5.74) is -1.43. The first-order valence-electron chi connectivity index (χ1n) is 8.71. The van der Waals surface area contributed by atoms with Crippen molar-refractivity contribution < 1.29 is 32.7 Å². The van der Waals surface area contributed by atoms with Crippen LogP contribution in [-0.2, 0) is 19.1 Å². The number of carbonyl (C=O) groups is 4. The molecule has 0 bridgehead atoms. The van der Waals surface area contributed by atoms with Gasteiger partial charge < -0.3 is 15.4 Å². The minimum atomic E-state index is -1.36. The van der Waals surface area contributed by atoms with Gasteiger partial charge in [0, 0.05) is 6.07 Å². The van der Waals surface area contributed by atoms with E-state index in [1.807, 2.05) is 0 Å². The molecular formula is C18H19F2N3O5. The van der Waals surface area contributed by atoms with Crippen molar-refractivity contribution in [2.75, 3.05) is 11.9 Å². The van der Waals surface area contributed by atoms with Crippen molar-refractivity contribution in [2.24, 2.45) is 5.92 Å². The van der Waals surface area contributed by atoms with Crippen LogP contribution < -0.4 is 10.6 Å². The van der Waals surface area contributed by atoms with Crippen LogP contribution in [0.1, 0.15) is 26.7 Å². The molecule has 1 aromatic rings. The van der Waals surface area contributed by atoms with Crippen LogP contribution in [0.25, 0.3) is 0 Å². The van der Waals surface area contributed by atoms with Gasteiger partial charge in [-0.2, -0.15) is 0 Å². The van der Waals surface area contributed by atoms with Crippen molar-refractivity contribution in [2.45, 2.75) is 38.3 Å². The van der Waals surface area contributed by atoms with Gasteiger partial charge in [-0.05, 0) is 44.7 Å². The van der Waals surface area contributed by atoms with Gasteiger partial charge in [0.25, 0.3) is 11.8 Å². The van der Waals surface area contributed by atoms with Gasteiger partial charge in [0.1, 0.15) is 23.7 Å². The molecule has 150 valence electrons. The predicted molar refractivity (Wildman–Crippen MR) is 91.9 cm³/mol. The Kier molecular flexibility index (Phi) is 5.05. The van der Waals surface area contributed by atoms with E-state index in [9.17, 15) is 28.0 Å². The van der Waals surface area contributed by atoms with E-state index in [1.165, 1.54) is 6.92 Å². The first-order valence-corrected chi connectivity index (χ1v) is 8.71. The number of hydrogen-bond acceptors (Lipinski definition) is 5. The molecule has 0 radical (unpaired) electrons. The lowest BCUT2D eigenvalue weighted by atomic mass is 9.96. The molecule has 2 atom stereocenters. The fraction of sp³-hybridized carbons (Fsp3) is 0.444. The lowest BCUT2D eigenvalue weighted by Crippen LogP contribution is -2.46. The average Bonchev–Trinajstić information content (AvgIpc) is 3.44. The number of amides is 4. The molecule has 1 saturated heterocycles. The number of carbonyl (C=O) groups excluding carboxylic acids is 4. The number of benzene rings is 1. The standard InChI is InChI=1S/C18H19F2N3O5/c1-9(15(25)21-13-7-11(19)5-6-12(13)20)28-14(24)8-23-16(26)18(2,10-3-4-10)22-17(23)27/h5-7,9-10H,3-4,8H2,1-2H3,(H,21,25)(H,22,27)/t9-,18-/m1/s1. The fourth-order valence-electron chi connectivity index (χ4n) is 3.04. The highest BCUT2D eigenvalue weighted by molar-refractivity contribution is 6.09. The van der Waals surface area contributed by atoms with Gasteiger partial charge in [-0.25, -0.2) is 13.6 Å². The van der Waals surface area contributed by atoms with E-state index in [-0.39, 0.29) is 5.92 Å². The zero-order valence-electron chi connectivity index (χ0n) is 15.3. The van der Waals surface area contributed by atoms with Gasteiger partial charge >= 0.3 is 12.0 Å². The molecule has 0 spiro atoms. The van der Waals surface area contributed by atoms with Gasteiger partial charge in [-0.3, -0.25) is 19.3 Å². The second-order valence-corrected chi connectivity index (χ2v) is 7.04. The SMILES string of the molecule is C[C@@H](OC(=O)CN1C(=O)N[C@](C)(C2CC2)C1=O)C(=O)Nc1cc(F)ccc1F. The maximum atomic E-state index is 13.6. The maximum absolute atomic E-state index is 13.6. The summed E-state index contributed by atoms with van der Waals surface area (Å²) >= 11 is 0. The molecular weight excluding hydrogens is 376 g/mol. The zero-order valence-corrected chi connectivity index (χ0v) is 15.3. The summed E-state index contributed by atoms with van der Waals surface area (Å²) in [6, 6.07) is 1.82. The van der Waals surface area contributed by atoms with E-state index in [0.717, 1.165) is 35.9 Å². The number of nitrogens with one attached hydrogen (secondary N) is 2. The minimum Gasteiger partial charge on any atom is -0.451 e. The number of anilines is 1. The smallest absolute Gasteiger partial charge is 0.327 e. The number of rotatable bonds is 6. The van der Waals surface area contributed by atoms with Crippen LogP contribution in [-0.4, -0.2) is 46.9 Å². The fourth-order valence-corrected chi connectivity index (χ4v) is 3.04. The lowest BCUT2D eigenvalue weighted by Gasteiger charge is -2.21. The van der Waals surface area contributed by atoms with E-state index in [4.69, 9.17) is 4.74 Å².